The Bertz CT molecular complexity index is 1320. The molecule has 0 unspecified atom stereocenters. The van der Waals surface area contributed by atoms with Crippen molar-refractivity contribution in [1.82, 2.24) is 20.2 Å². The van der Waals surface area contributed by atoms with Crippen LogP contribution in [0.4, 0.5) is 0 Å². The Hall–Kier alpha value is -3.95. The maximum atomic E-state index is 12.3. The number of nitrogens with zero attached hydrogens (tertiary/aromatic N) is 4. The third-order valence-electron chi connectivity index (χ3n) is 4.64. The highest BCUT2D eigenvalue weighted by Gasteiger charge is 2.17. The summed E-state index contributed by atoms with van der Waals surface area (Å²) in [4.78, 5) is 23.2. The number of amides is 1. The predicted molar refractivity (Wildman–Crippen MR) is 132 cm³/mol. The van der Waals surface area contributed by atoms with E-state index in [9.17, 15) is 9.59 Å². The Morgan fingerprint density at radius 2 is 1.71 bits per heavy atom. The normalized spacial score (nSPS) is 11.0. The molecule has 170 valence electrons. The number of carbonyl (C=O) groups is 2. The van der Waals surface area contributed by atoms with Crippen molar-refractivity contribution >= 4 is 41.5 Å². The number of carboxylic acid groups (broad SMARTS) is 1. The van der Waals surface area contributed by atoms with Gasteiger partial charge in [0.15, 0.2) is 11.0 Å². The molecule has 0 saturated carbocycles. The summed E-state index contributed by atoms with van der Waals surface area (Å²) in [5.74, 6) is -0.620. The number of thioether (sulfide) groups is 1. The number of hydrogen-bond donors (Lipinski definition) is 2. The molecule has 0 aliphatic rings. The van der Waals surface area contributed by atoms with Gasteiger partial charge in [-0.2, -0.15) is 5.10 Å². The molecule has 0 spiro atoms. The second-order valence-corrected chi connectivity index (χ2v) is 8.37. The second kappa shape index (κ2) is 10.8. The molecule has 10 heteroatoms. The van der Waals surface area contributed by atoms with Crippen LogP contribution < -0.4 is 5.43 Å². The Balaban J connectivity index is 1.45. The molecule has 4 rings (SSSR count). The second-order valence-electron chi connectivity index (χ2n) is 6.99. The number of benzene rings is 3. The number of hydrogen-bond acceptors (Lipinski definition) is 6. The van der Waals surface area contributed by atoms with Crippen LogP contribution in [0, 0.1) is 0 Å². The first-order valence-corrected chi connectivity index (χ1v) is 11.4. The van der Waals surface area contributed by atoms with Gasteiger partial charge >= 0.3 is 5.97 Å². The number of nitrogens with one attached hydrogen (secondary N) is 1. The van der Waals surface area contributed by atoms with Crippen LogP contribution in [-0.2, 0) is 4.79 Å². The Morgan fingerprint density at radius 3 is 2.38 bits per heavy atom. The third kappa shape index (κ3) is 5.69. The molecule has 0 bridgehead atoms. The van der Waals surface area contributed by atoms with E-state index in [0.29, 0.717) is 21.6 Å². The molecule has 1 aromatic heterocycles. The summed E-state index contributed by atoms with van der Waals surface area (Å²) in [5, 5.41) is 22.7. The molecule has 1 heterocycles. The summed E-state index contributed by atoms with van der Waals surface area (Å²) in [5.41, 5.74) is 5.01. The van der Waals surface area contributed by atoms with Crippen molar-refractivity contribution in [3.05, 3.63) is 95.0 Å². The number of para-hydroxylation sites is 1. The van der Waals surface area contributed by atoms with E-state index in [0.717, 1.165) is 11.3 Å². The number of aromatic carboxylic acids is 1. The van der Waals surface area contributed by atoms with E-state index in [4.69, 9.17) is 16.7 Å². The van der Waals surface area contributed by atoms with Crippen LogP contribution in [0.3, 0.4) is 0 Å². The largest absolute Gasteiger partial charge is 0.478 e. The number of rotatable bonds is 8. The van der Waals surface area contributed by atoms with E-state index >= 15 is 0 Å². The van der Waals surface area contributed by atoms with Crippen LogP contribution in [0.2, 0.25) is 5.02 Å². The molecule has 34 heavy (non-hydrogen) atoms. The van der Waals surface area contributed by atoms with Crippen molar-refractivity contribution < 1.29 is 14.7 Å². The maximum Gasteiger partial charge on any atom is 0.335 e. The maximum absolute atomic E-state index is 12.3. The SMILES string of the molecule is O=C(CSc1nnc(-c2ccc(Cl)cc2)n1-c1ccccc1)NN=Cc1ccc(C(=O)O)cc1. The number of carboxylic acids is 1. The highest BCUT2D eigenvalue weighted by molar-refractivity contribution is 7.99. The lowest BCUT2D eigenvalue weighted by molar-refractivity contribution is -0.118. The quantitative estimate of drug-likeness (QED) is 0.213. The van der Waals surface area contributed by atoms with E-state index in [2.05, 4.69) is 20.7 Å². The van der Waals surface area contributed by atoms with Gasteiger partial charge < -0.3 is 5.11 Å². The van der Waals surface area contributed by atoms with Crippen molar-refractivity contribution in [2.45, 2.75) is 5.16 Å². The van der Waals surface area contributed by atoms with Crippen LogP contribution in [-0.4, -0.2) is 43.7 Å². The van der Waals surface area contributed by atoms with Crippen molar-refractivity contribution in [1.29, 1.82) is 0 Å². The van der Waals surface area contributed by atoms with Crippen molar-refractivity contribution in [3.63, 3.8) is 0 Å². The van der Waals surface area contributed by atoms with Gasteiger partial charge in [0.25, 0.3) is 5.91 Å². The summed E-state index contributed by atoms with van der Waals surface area (Å²) < 4.78 is 1.88. The summed E-state index contributed by atoms with van der Waals surface area (Å²) in [7, 11) is 0. The monoisotopic (exact) mass is 491 g/mol. The molecule has 0 fully saturated rings. The van der Waals surface area contributed by atoms with Gasteiger partial charge in [0.05, 0.1) is 17.5 Å². The van der Waals surface area contributed by atoms with Crippen LogP contribution >= 0.6 is 23.4 Å². The number of hydrazone groups is 1. The first-order valence-electron chi connectivity index (χ1n) is 10.1. The summed E-state index contributed by atoms with van der Waals surface area (Å²) >= 11 is 7.25. The fourth-order valence-corrected chi connectivity index (χ4v) is 3.88. The molecule has 0 saturated heterocycles. The zero-order valence-corrected chi connectivity index (χ0v) is 19.2. The van der Waals surface area contributed by atoms with Crippen molar-refractivity contribution in [2.75, 3.05) is 5.75 Å². The minimum absolute atomic E-state index is 0.0703. The van der Waals surface area contributed by atoms with Gasteiger partial charge in [-0.15, -0.1) is 10.2 Å². The lowest BCUT2D eigenvalue weighted by Crippen LogP contribution is -2.20. The fraction of sp³-hybridized carbons (Fsp3) is 0.0417. The van der Waals surface area contributed by atoms with E-state index in [1.54, 1.807) is 24.3 Å². The first kappa shape index (κ1) is 23.2. The lowest BCUT2D eigenvalue weighted by Gasteiger charge is -2.10. The molecule has 8 nitrogen and oxygen atoms in total. The highest BCUT2D eigenvalue weighted by Crippen LogP contribution is 2.28. The number of aromatic nitrogens is 3. The molecule has 0 radical (unpaired) electrons. The lowest BCUT2D eigenvalue weighted by atomic mass is 10.1. The topological polar surface area (TPSA) is 109 Å². The average Bonchev–Trinajstić information content (AvgIpc) is 3.28. The van der Waals surface area contributed by atoms with Gasteiger partial charge in [0.2, 0.25) is 0 Å². The smallest absolute Gasteiger partial charge is 0.335 e. The Labute approximate surface area is 204 Å². The number of halogens is 1. The minimum atomic E-state index is -1.00. The summed E-state index contributed by atoms with van der Waals surface area (Å²) in [6.07, 6.45) is 1.44. The van der Waals surface area contributed by atoms with Crippen LogP contribution in [0.25, 0.3) is 17.1 Å². The van der Waals surface area contributed by atoms with Crippen LogP contribution in [0.1, 0.15) is 15.9 Å². The van der Waals surface area contributed by atoms with Crippen LogP contribution in [0.15, 0.2) is 89.1 Å². The van der Waals surface area contributed by atoms with Crippen LogP contribution in [0.5, 0.6) is 0 Å². The number of carbonyl (C=O) groups excluding carboxylic acids is 1. The molecule has 2 N–H and O–H groups in total. The first-order chi connectivity index (χ1) is 16.5. The van der Waals surface area contributed by atoms with Crippen molar-refractivity contribution in [3.8, 4) is 17.1 Å². The molecule has 0 aliphatic heterocycles. The van der Waals surface area contributed by atoms with E-state index in [1.165, 1.54) is 30.1 Å². The highest BCUT2D eigenvalue weighted by atomic mass is 35.5. The molecule has 0 aliphatic carbocycles. The fourth-order valence-electron chi connectivity index (χ4n) is 3.01. The minimum Gasteiger partial charge on any atom is -0.478 e. The Morgan fingerprint density at radius 1 is 1.00 bits per heavy atom. The average molecular weight is 492 g/mol. The van der Waals surface area contributed by atoms with Gasteiger partial charge in [0.1, 0.15) is 0 Å². The van der Waals surface area contributed by atoms with E-state index in [-0.39, 0.29) is 17.2 Å². The third-order valence-corrected chi connectivity index (χ3v) is 5.82. The molecular formula is C24H18ClN5O3S. The zero-order chi connectivity index (χ0) is 23.9. The summed E-state index contributed by atoms with van der Waals surface area (Å²) in [6.45, 7) is 0. The van der Waals surface area contributed by atoms with Crippen molar-refractivity contribution in [2.24, 2.45) is 5.10 Å². The Kier molecular flexibility index (Phi) is 7.36. The van der Waals surface area contributed by atoms with E-state index in [1.807, 2.05) is 47.0 Å². The molecule has 3 aromatic carbocycles. The summed E-state index contributed by atoms with van der Waals surface area (Å²) in [6, 6.07) is 23.1. The molecule has 4 aromatic rings. The van der Waals surface area contributed by atoms with Gasteiger partial charge in [-0.05, 0) is 54.1 Å². The zero-order valence-electron chi connectivity index (χ0n) is 17.6. The van der Waals surface area contributed by atoms with Gasteiger partial charge in [-0.1, -0.05) is 53.7 Å². The molecule has 0 atom stereocenters. The van der Waals surface area contributed by atoms with Gasteiger partial charge in [-0.3, -0.25) is 9.36 Å². The molecule has 1 amide bonds. The van der Waals surface area contributed by atoms with E-state index < -0.39 is 5.97 Å². The predicted octanol–water partition coefficient (Wildman–Crippen LogP) is 4.53. The standard InChI is InChI=1S/C24H18ClN5O3S/c25-19-12-10-17(11-13-19)22-28-29-24(30(22)20-4-2-1-3-5-20)34-15-21(31)27-26-14-16-6-8-18(9-7-16)23(32)33/h1-14H,15H2,(H,27,31)(H,32,33). The van der Waals surface area contributed by atoms with Gasteiger partial charge in [-0.25, -0.2) is 10.2 Å². The molecular weight excluding hydrogens is 474 g/mol. The van der Waals surface area contributed by atoms with Gasteiger partial charge in [0, 0.05) is 16.3 Å².